The van der Waals surface area contributed by atoms with Gasteiger partial charge in [0, 0.05) is 11.3 Å². The number of nitrogens with zero attached hydrogens (tertiary/aromatic N) is 2. The first-order valence-corrected chi connectivity index (χ1v) is 9.02. The largest absolute Gasteiger partial charge is 0.404 e. The molecule has 1 fully saturated rings. The number of para-hydroxylation sites is 2. The van der Waals surface area contributed by atoms with E-state index in [4.69, 9.17) is 11.1 Å². The maximum absolute atomic E-state index is 8.71. The molecule has 1 aromatic heterocycles. The molecule has 0 bridgehead atoms. The zero-order valence-corrected chi connectivity index (χ0v) is 14.7. The quantitative estimate of drug-likeness (QED) is 0.635. The van der Waals surface area contributed by atoms with E-state index in [1.807, 2.05) is 48.8 Å². The first-order valence-electron chi connectivity index (χ1n) is 9.02. The molecule has 0 spiro atoms. The summed E-state index contributed by atoms with van der Waals surface area (Å²) in [6, 6.07) is 16.1. The Labute approximate surface area is 153 Å². The van der Waals surface area contributed by atoms with Gasteiger partial charge in [-0.25, -0.2) is 4.98 Å². The van der Waals surface area contributed by atoms with Crippen molar-refractivity contribution in [2.75, 3.05) is 13.1 Å². The van der Waals surface area contributed by atoms with Crippen LogP contribution in [0.1, 0.15) is 18.4 Å². The van der Waals surface area contributed by atoms with Gasteiger partial charge >= 0.3 is 0 Å². The number of rotatable bonds is 4. The molecule has 5 nitrogen and oxygen atoms in total. The van der Waals surface area contributed by atoms with Crippen LogP contribution in [-0.4, -0.2) is 28.4 Å². The SMILES string of the molecule is N=C(C(=CN)C1CCNCC1)c1cccc(-n2cnc3ccccc32)c1. The summed E-state index contributed by atoms with van der Waals surface area (Å²) < 4.78 is 2.06. The van der Waals surface area contributed by atoms with Gasteiger partial charge < -0.3 is 11.1 Å². The maximum Gasteiger partial charge on any atom is 0.100 e. The van der Waals surface area contributed by atoms with E-state index in [1.165, 1.54) is 0 Å². The van der Waals surface area contributed by atoms with Gasteiger partial charge in [-0.2, -0.15) is 0 Å². The smallest absolute Gasteiger partial charge is 0.100 e. The van der Waals surface area contributed by atoms with Crippen molar-refractivity contribution in [2.24, 2.45) is 11.7 Å². The highest BCUT2D eigenvalue weighted by molar-refractivity contribution is 6.11. The van der Waals surface area contributed by atoms with E-state index in [0.29, 0.717) is 11.6 Å². The molecular weight excluding hydrogens is 322 g/mol. The number of fused-ring (bicyclic) bond motifs is 1. The average molecular weight is 345 g/mol. The second kappa shape index (κ2) is 7.14. The third-order valence-corrected chi connectivity index (χ3v) is 5.11. The molecule has 0 radical (unpaired) electrons. The van der Waals surface area contributed by atoms with Crippen molar-refractivity contribution in [3.05, 3.63) is 72.2 Å². The van der Waals surface area contributed by atoms with Crippen LogP contribution in [0.25, 0.3) is 16.7 Å². The molecule has 3 aromatic rings. The van der Waals surface area contributed by atoms with Crippen molar-refractivity contribution in [2.45, 2.75) is 12.8 Å². The topological polar surface area (TPSA) is 79.7 Å². The average Bonchev–Trinajstić information content (AvgIpc) is 3.13. The van der Waals surface area contributed by atoms with E-state index < -0.39 is 0 Å². The van der Waals surface area contributed by atoms with E-state index in [2.05, 4.69) is 20.9 Å². The maximum atomic E-state index is 8.71. The summed E-state index contributed by atoms with van der Waals surface area (Å²) in [5.41, 5.74) is 11.3. The lowest BCUT2D eigenvalue weighted by molar-refractivity contribution is 0.428. The predicted octanol–water partition coefficient (Wildman–Crippen LogP) is 3.24. The molecule has 0 atom stereocenters. The van der Waals surface area contributed by atoms with E-state index >= 15 is 0 Å². The Morgan fingerprint density at radius 3 is 2.77 bits per heavy atom. The number of piperidine rings is 1. The molecule has 26 heavy (non-hydrogen) atoms. The Hall–Kier alpha value is -2.92. The zero-order chi connectivity index (χ0) is 17.9. The number of allylic oxidation sites excluding steroid dienone is 1. The fraction of sp³-hybridized carbons (Fsp3) is 0.238. The van der Waals surface area contributed by atoms with Gasteiger partial charge in [0.2, 0.25) is 0 Å². The van der Waals surface area contributed by atoms with E-state index in [-0.39, 0.29) is 0 Å². The molecule has 0 amide bonds. The minimum atomic E-state index is 0.353. The molecule has 0 saturated carbocycles. The lowest BCUT2D eigenvalue weighted by Gasteiger charge is -2.25. The summed E-state index contributed by atoms with van der Waals surface area (Å²) in [5, 5.41) is 12.1. The summed E-state index contributed by atoms with van der Waals surface area (Å²) in [7, 11) is 0. The highest BCUT2D eigenvalue weighted by Crippen LogP contribution is 2.25. The molecule has 132 valence electrons. The van der Waals surface area contributed by atoms with Gasteiger partial charge in [0.05, 0.1) is 16.7 Å². The molecule has 1 aliphatic rings. The fourth-order valence-electron chi connectivity index (χ4n) is 3.70. The van der Waals surface area contributed by atoms with Crippen molar-refractivity contribution in [3.63, 3.8) is 0 Å². The molecule has 4 rings (SSSR count). The Morgan fingerprint density at radius 1 is 1.15 bits per heavy atom. The van der Waals surface area contributed by atoms with Gasteiger partial charge in [0.15, 0.2) is 0 Å². The minimum Gasteiger partial charge on any atom is -0.404 e. The van der Waals surface area contributed by atoms with Crippen LogP contribution in [0.4, 0.5) is 0 Å². The molecule has 4 N–H and O–H groups in total. The first-order chi connectivity index (χ1) is 12.8. The third-order valence-electron chi connectivity index (χ3n) is 5.11. The van der Waals surface area contributed by atoms with E-state index in [0.717, 1.165) is 53.8 Å². The Morgan fingerprint density at radius 2 is 1.96 bits per heavy atom. The van der Waals surface area contributed by atoms with Gasteiger partial charge in [-0.15, -0.1) is 0 Å². The lowest BCUT2D eigenvalue weighted by atomic mass is 9.85. The molecule has 0 aliphatic carbocycles. The van der Waals surface area contributed by atoms with Gasteiger partial charge in [-0.3, -0.25) is 9.98 Å². The van der Waals surface area contributed by atoms with Crippen molar-refractivity contribution < 1.29 is 0 Å². The normalized spacial score (nSPS) is 16.1. The second-order valence-electron chi connectivity index (χ2n) is 6.67. The Bertz CT molecular complexity index is 963. The summed E-state index contributed by atoms with van der Waals surface area (Å²) in [4.78, 5) is 4.47. The van der Waals surface area contributed by atoms with Gasteiger partial charge in [0.25, 0.3) is 0 Å². The van der Waals surface area contributed by atoms with Crippen LogP contribution in [0.15, 0.2) is 66.6 Å². The second-order valence-corrected chi connectivity index (χ2v) is 6.67. The summed E-state index contributed by atoms with van der Waals surface area (Å²) in [6.45, 7) is 1.96. The number of benzene rings is 2. The Kier molecular flexibility index (Phi) is 4.54. The number of hydrogen-bond donors (Lipinski definition) is 3. The van der Waals surface area contributed by atoms with Crippen molar-refractivity contribution in [3.8, 4) is 5.69 Å². The standard InChI is InChI=1S/C21H23N5/c22-13-18(15-8-10-24-11-9-15)21(23)16-4-3-5-17(12-16)26-14-25-19-6-1-2-7-20(19)26/h1-7,12-15,23-24H,8-11,22H2. The molecular formula is C21H23N5. The van der Waals surface area contributed by atoms with Crippen LogP contribution in [0.5, 0.6) is 0 Å². The monoisotopic (exact) mass is 345 g/mol. The van der Waals surface area contributed by atoms with Gasteiger partial charge in [-0.05, 0) is 67.9 Å². The minimum absolute atomic E-state index is 0.353. The summed E-state index contributed by atoms with van der Waals surface area (Å²) in [6.07, 6.45) is 5.51. The van der Waals surface area contributed by atoms with Crippen molar-refractivity contribution >= 4 is 16.7 Å². The fourth-order valence-corrected chi connectivity index (χ4v) is 3.70. The highest BCUT2D eigenvalue weighted by Gasteiger charge is 2.21. The molecule has 0 unspecified atom stereocenters. The number of nitrogens with two attached hydrogens (primary N) is 1. The van der Waals surface area contributed by atoms with E-state index in [1.54, 1.807) is 6.20 Å². The van der Waals surface area contributed by atoms with Crippen LogP contribution in [0.2, 0.25) is 0 Å². The molecule has 5 heteroatoms. The van der Waals surface area contributed by atoms with Crippen LogP contribution in [-0.2, 0) is 0 Å². The van der Waals surface area contributed by atoms with E-state index in [9.17, 15) is 0 Å². The molecule has 1 saturated heterocycles. The highest BCUT2D eigenvalue weighted by atomic mass is 15.0. The van der Waals surface area contributed by atoms with Crippen LogP contribution in [0.3, 0.4) is 0 Å². The first kappa shape index (κ1) is 16.5. The van der Waals surface area contributed by atoms with Gasteiger partial charge in [-0.1, -0.05) is 24.3 Å². The molecule has 2 aromatic carbocycles. The number of nitrogens with one attached hydrogen (secondary N) is 2. The number of aromatic nitrogens is 2. The zero-order valence-electron chi connectivity index (χ0n) is 14.7. The van der Waals surface area contributed by atoms with Crippen LogP contribution < -0.4 is 11.1 Å². The Balaban J connectivity index is 1.68. The van der Waals surface area contributed by atoms with Crippen molar-refractivity contribution in [1.82, 2.24) is 14.9 Å². The third kappa shape index (κ3) is 3.02. The van der Waals surface area contributed by atoms with Crippen LogP contribution in [0, 0.1) is 11.3 Å². The van der Waals surface area contributed by atoms with Gasteiger partial charge in [0.1, 0.15) is 6.33 Å². The predicted molar refractivity (Wildman–Crippen MR) is 106 cm³/mol. The number of imidazole rings is 1. The number of hydrogen-bond acceptors (Lipinski definition) is 4. The summed E-state index contributed by atoms with van der Waals surface area (Å²) >= 11 is 0. The molecule has 2 heterocycles. The lowest BCUT2D eigenvalue weighted by Crippen LogP contribution is -2.30. The summed E-state index contributed by atoms with van der Waals surface area (Å²) in [5.74, 6) is 0.353. The van der Waals surface area contributed by atoms with Crippen molar-refractivity contribution in [1.29, 1.82) is 5.41 Å². The van der Waals surface area contributed by atoms with Crippen LogP contribution >= 0.6 is 0 Å². The molecule has 1 aliphatic heterocycles.